The van der Waals surface area contributed by atoms with Crippen molar-refractivity contribution in [3.63, 3.8) is 0 Å². The van der Waals surface area contributed by atoms with Crippen LogP contribution in [0.4, 0.5) is 26.3 Å². The van der Waals surface area contributed by atoms with Gasteiger partial charge in [0, 0.05) is 38.9 Å². The number of amides is 1. The number of rotatable bonds is 3. The van der Waals surface area contributed by atoms with Gasteiger partial charge in [-0.05, 0) is 36.4 Å². The normalized spacial score (nSPS) is 17.3. The molecule has 0 aliphatic carbocycles. The minimum absolute atomic E-state index is 0.112. The lowest BCUT2D eigenvalue weighted by Gasteiger charge is -2.47. The van der Waals surface area contributed by atoms with Gasteiger partial charge in [-0.1, -0.05) is 12.1 Å². The Balaban J connectivity index is 0.000000317. The molecule has 1 spiro atoms. The number of carbonyl (C=O) groups excluding carboxylic acids is 1. The van der Waals surface area contributed by atoms with Crippen molar-refractivity contribution in [2.24, 2.45) is 0 Å². The van der Waals surface area contributed by atoms with Crippen LogP contribution in [0.15, 0.2) is 41.9 Å². The smallest absolute Gasteiger partial charge is 0.475 e. The molecule has 4 heterocycles. The lowest BCUT2D eigenvalue weighted by molar-refractivity contribution is -0.193. The number of thiophene rings is 1. The number of halogens is 6. The van der Waals surface area contributed by atoms with Crippen molar-refractivity contribution in [1.29, 1.82) is 0 Å². The summed E-state index contributed by atoms with van der Waals surface area (Å²) < 4.78 is 69.7. The van der Waals surface area contributed by atoms with Crippen LogP contribution in [0, 0.1) is 0 Å². The molecule has 0 saturated carbocycles. The lowest BCUT2D eigenvalue weighted by Crippen LogP contribution is -2.57. The first-order valence-corrected chi connectivity index (χ1v) is 12.2. The van der Waals surface area contributed by atoms with Gasteiger partial charge < -0.3 is 19.8 Å². The Bertz CT molecular complexity index is 1050. The van der Waals surface area contributed by atoms with E-state index < -0.39 is 24.3 Å². The number of likely N-dealkylation sites (tertiary alicyclic amines) is 1. The number of carboxylic acid groups (broad SMARTS) is 2. The standard InChI is InChI=1S/C19H23N3O2S.2C2HF3O2/c23-18(17-5-3-13-25-17)22-9-6-19(7-10-22)15-21(11-12-24-19)14-16-4-1-2-8-20-16;2*3-2(4,5)1(6)7/h1-5,8,13H,6-7,9-12,14-15H2;2*(H,6,7). The summed E-state index contributed by atoms with van der Waals surface area (Å²) in [6, 6.07) is 9.90. The van der Waals surface area contributed by atoms with E-state index in [1.54, 1.807) is 0 Å². The second-order valence-corrected chi connectivity index (χ2v) is 9.39. The van der Waals surface area contributed by atoms with Gasteiger partial charge in [0.05, 0.1) is 22.8 Å². The third-order valence-corrected chi connectivity index (χ3v) is 6.48. The topological polar surface area (TPSA) is 120 Å². The fraction of sp³-hybridized carbons (Fsp3) is 0.478. The Morgan fingerprint density at radius 3 is 2.00 bits per heavy atom. The number of morpholine rings is 1. The average Bonchev–Trinajstić information content (AvgIpc) is 3.40. The number of hydrogen-bond acceptors (Lipinski definition) is 7. The van der Waals surface area contributed by atoms with Gasteiger partial charge in [0.15, 0.2) is 0 Å². The van der Waals surface area contributed by atoms with Crippen molar-refractivity contribution >= 4 is 29.2 Å². The van der Waals surface area contributed by atoms with Crippen LogP contribution in [0.5, 0.6) is 0 Å². The quantitative estimate of drug-likeness (QED) is 0.521. The largest absolute Gasteiger partial charge is 0.490 e. The van der Waals surface area contributed by atoms with Crippen molar-refractivity contribution in [2.45, 2.75) is 37.3 Å². The Morgan fingerprint density at radius 2 is 1.54 bits per heavy atom. The van der Waals surface area contributed by atoms with Gasteiger partial charge in [-0.25, -0.2) is 9.59 Å². The molecule has 2 saturated heterocycles. The van der Waals surface area contributed by atoms with Gasteiger partial charge in [0.2, 0.25) is 0 Å². The fourth-order valence-corrected chi connectivity index (χ4v) is 4.45. The van der Waals surface area contributed by atoms with E-state index in [-0.39, 0.29) is 11.5 Å². The van der Waals surface area contributed by atoms with Crippen LogP contribution in [0.1, 0.15) is 28.2 Å². The summed E-state index contributed by atoms with van der Waals surface area (Å²) in [6.45, 7) is 5.03. The minimum Gasteiger partial charge on any atom is -0.475 e. The summed E-state index contributed by atoms with van der Waals surface area (Å²) in [5.74, 6) is -5.36. The van der Waals surface area contributed by atoms with E-state index in [4.69, 9.17) is 24.5 Å². The first-order chi connectivity index (χ1) is 18.1. The molecular formula is C23H25F6N3O6S. The Labute approximate surface area is 222 Å². The number of aromatic nitrogens is 1. The first-order valence-electron chi connectivity index (χ1n) is 11.3. The molecule has 1 amide bonds. The van der Waals surface area contributed by atoms with E-state index in [9.17, 15) is 31.1 Å². The van der Waals surface area contributed by atoms with Crippen molar-refractivity contribution in [3.05, 3.63) is 52.5 Å². The molecule has 9 nitrogen and oxygen atoms in total. The number of carbonyl (C=O) groups is 3. The summed E-state index contributed by atoms with van der Waals surface area (Å²) >= 11 is 1.52. The molecule has 0 unspecified atom stereocenters. The molecule has 216 valence electrons. The van der Waals surface area contributed by atoms with E-state index in [2.05, 4.69) is 16.0 Å². The third kappa shape index (κ3) is 10.4. The zero-order valence-corrected chi connectivity index (χ0v) is 21.1. The second kappa shape index (κ2) is 13.7. The molecule has 2 aliphatic rings. The molecule has 2 aromatic heterocycles. The third-order valence-electron chi connectivity index (χ3n) is 5.62. The van der Waals surface area contributed by atoms with Crippen molar-refractivity contribution in [2.75, 3.05) is 32.8 Å². The Kier molecular flexibility index (Phi) is 11.2. The maximum atomic E-state index is 12.5. The summed E-state index contributed by atoms with van der Waals surface area (Å²) in [4.78, 5) is 40.0. The molecule has 0 aromatic carbocycles. The van der Waals surface area contributed by atoms with Gasteiger partial charge in [0.1, 0.15) is 0 Å². The van der Waals surface area contributed by atoms with Gasteiger partial charge in [-0.15, -0.1) is 11.3 Å². The Morgan fingerprint density at radius 1 is 0.949 bits per heavy atom. The minimum atomic E-state index is -5.08. The molecule has 4 rings (SSSR count). The number of alkyl halides is 6. The maximum absolute atomic E-state index is 12.5. The molecule has 0 bridgehead atoms. The molecule has 2 aromatic rings. The molecular weight excluding hydrogens is 560 g/mol. The van der Waals surface area contributed by atoms with Crippen LogP contribution in [-0.2, 0) is 20.9 Å². The van der Waals surface area contributed by atoms with Crippen LogP contribution >= 0.6 is 11.3 Å². The molecule has 2 N–H and O–H groups in total. The highest BCUT2D eigenvalue weighted by Crippen LogP contribution is 2.31. The van der Waals surface area contributed by atoms with E-state index >= 15 is 0 Å². The summed E-state index contributed by atoms with van der Waals surface area (Å²) in [5.41, 5.74) is 0.990. The number of nitrogens with zero attached hydrogens (tertiary/aromatic N) is 3. The van der Waals surface area contributed by atoms with Crippen LogP contribution in [0.3, 0.4) is 0 Å². The first kappa shape index (κ1) is 32.0. The van der Waals surface area contributed by atoms with E-state index in [0.29, 0.717) is 0 Å². The predicted molar refractivity (Wildman–Crippen MR) is 125 cm³/mol. The zero-order valence-electron chi connectivity index (χ0n) is 20.2. The molecule has 16 heteroatoms. The molecule has 2 fully saturated rings. The second-order valence-electron chi connectivity index (χ2n) is 8.44. The fourth-order valence-electron chi connectivity index (χ4n) is 3.76. The number of aliphatic carboxylic acids is 2. The monoisotopic (exact) mass is 585 g/mol. The van der Waals surface area contributed by atoms with Crippen molar-refractivity contribution in [3.8, 4) is 0 Å². The average molecular weight is 586 g/mol. The van der Waals surface area contributed by atoms with Gasteiger partial charge in [0.25, 0.3) is 5.91 Å². The van der Waals surface area contributed by atoms with E-state index in [1.165, 1.54) is 11.3 Å². The summed E-state index contributed by atoms with van der Waals surface area (Å²) in [6.07, 6.45) is -6.51. The highest BCUT2D eigenvalue weighted by Gasteiger charge is 2.41. The van der Waals surface area contributed by atoms with Crippen LogP contribution in [0.2, 0.25) is 0 Å². The van der Waals surface area contributed by atoms with Crippen LogP contribution in [0.25, 0.3) is 0 Å². The highest BCUT2D eigenvalue weighted by atomic mass is 32.1. The number of ether oxygens (including phenoxy) is 1. The summed E-state index contributed by atoms with van der Waals surface area (Å²) in [5, 5.41) is 16.2. The van der Waals surface area contributed by atoms with Crippen molar-refractivity contribution in [1.82, 2.24) is 14.8 Å². The van der Waals surface area contributed by atoms with Gasteiger partial charge in [-0.2, -0.15) is 26.3 Å². The number of pyridine rings is 1. The van der Waals surface area contributed by atoms with E-state index in [1.807, 2.05) is 40.7 Å². The number of carboxylic acids is 2. The highest BCUT2D eigenvalue weighted by molar-refractivity contribution is 7.12. The zero-order chi connectivity index (χ0) is 29.3. The molecule has 39 heavy (non-hydrogen) atoms. The van der Waals surface area contributed by atoms with Crippen molar-refractivity contribution < 1.29 is 55.7 Å². The van der Waals surface area contributed by atoms with E-state index in [0.717, 1.165) is 62.7 Å². The lowest BCUT2D eigenvalue weighted by atomic mass is 9.89. The molecule has 2 aliphatic heterocycles. The Hall–Kier alpha value is -3.24. The maximum Gasteiger partial charge on any atom is 0.490 e. The van der Waals surface area contributed by atoms with Crippen LogP contribution in [-0.4, -0.2) is 93.6 Å². The van der Waals surface area contributed by atoms with Gasteiger partial charge >= 0.3 is 24.3 Å². The SMILES string of the molecule is O=C(O)C(F)(F)F.O=C(O)C(F)(F)F.O=C(c1cccs1)N1CCC2(CC1)CN(Cc1ccccn1)CCO2. The van der Waals surface area contributed by atoms with Gasteiger partial charge in [-0.3, -0.25) is 14.7 Å². The summed E-state index contributed by atoms with van der Waals surface area (Å²) in [7, 11) is 0. The molecule has 0 atom stereocenters. The molecule has 0 radical (unpaired) electrons. The number of piperidine rings is 1. The number of hydrogen-bond donors (Lipinski definition) is 2. The predicted octanol–water partition coefficient (Wildman–Crippen LogP) is 3.92. The van der Waals surface area contributed by atoms with Crippen LogP contribution < -0.4 is 0 Å².